The standard InChI is InChI=1S/C18H10O5/c19-10-1-2-14(20)12(6-10)17-13-8-23-7-9(13)5-11-15(21)3-4-16(22)18(11)17/h1-6H,7-8H2. The van der Waals surface area contributed by atoms with Crippen molar-refractivity contribution >= 4 is 28.7 Å². The topological polar surface area (TPSA) is 77.5 Å². The Balaban J connectivity index is 2.07. The van der Waals surface area contributed by atoms with Crippen LogP contribution < -0.4 is 0 Å². The lowest BCUT2D eigenvalue weighted by Crippen LogP contribution is -2.19. The fraction of sp³-hybridized carbons (Fsp3) is 0.111. The molecule has 1 heterocycles. The van der Waals surface area contributed by atoms with Gasteiger partial charge in [0, 0.05) is 22.3 Å². The highest BCUT2D eigenvalue weighted by molar-refractivity contribution is 6.36. The van der Waals surface area contributed by atoms with Crippen LogP contribution in [0.2, 0.25) is 0 Å². The van der Waals surface area contributed by atoms with Gasteiger partial charge in [0.2, 0.25) is 0 Å². The van der Waals surface area contributed by atoms with Gasteiger partial charge in [-0.1, -0.05) is 0 Å². The van der Waals surface area contributed by atoms with E-state index in [1.807, 2.05) is 0 Å². The maximum atomic E-state index is 12.4. The molecule has 0 fully saturated rings. The molecule has 4 rings (SSSR count). The average molecular weight is 306 g/mol. The molecule has 0 saturated heterocycles. The number of carbonyl (C=O) groups excluding carboxylic acids is 4. The smallest absolute Gasteiger partial charge is 0.187 e. The number of allylic oxidation sites excluding steroid dienone is 6. The summed E-state index contributed by atoms with van der Waals surface area (Å²) in [6.07, 6.45) is 6.00. The third kappa shape index (κ3) is 1.98. The zero-order valence-corrected chi connectivity index (χ0v) is 11.9. The zero-order valence-electron chi connectivity index (χ0n) is 11.9. The summed E-state index contributed by atoms with van der Waals surface area (Å²) in [6, 6.07) is 1.65. The van der Waals surface area contributed by atoms with Crippen LogP contribution in [0.15, 0.2) is 36.4 Å². The molecule has 1 aliphatic heterocycles. The lowest BCUT2D eigenvalue weighted by molar-refractivity contribution is -0.113. The van der Waals surface area contributed by atoms with E-state index in [1.165, 1.54) is 30.4 Å². The highest BCUT2D eigenvalue weighted by Gasteiger charge is 2.32. The fourth-order valence-corrected chi connectivity index (χ4v) is 3.11. The zero-order chi connectivity index (χ0) is 16.1. The van der Waals surface area contributed by atoms with Gasteiger partial charge in [0.1, 0.15) is 0 Å². The molecule has 0 unspecified atom stereocenters. The molecule has 0 amide bonds. The number of hydrogen-bond donors (Lipinski definition) is 0. The maximum Gasteiger partial charge on any atom is 0.187 e. The van der Waals surface area contributed by atoms with Crippen molar-refractivity contribution in [1.29, 1.82) is 0 Å². The third-order valence-electron chi connectivity index (χ3n) is 4.15. The van der Waals surface area contributed by atoms with Crippen molar-refractivity contribution in [3.05, 3.63) is 64.3 Å². The molecule has 0 aromatic heterocycles. The fourth-order valence-electron chi connectivity index (χ4n) is 3.11. The van der Waals surface area contributed by atoms with Crippen LogP contribution in [0.1, 0.15) is 37.4 Å². The Labute approximate surface area is 130 Å². The summed E-state index contributed by atoms with van der Waals surface area (Å²) in [5.41, 5.74) is 2.42. The summed E-state index contributed by atoms with van der Waals surface area (Å²) in [7, 11) is 0. The summed E-state index contributed by atoms with van der Waals surface area (Å²) in [4.78, 5) is 48.5. The van der Waals surface area contributed by atoms with Crippen molar-refractivity contribution in [3.8, 4) is 0 Å². The Morgan fingerprint density at radius 1 is 0.783 bits per heavy atom. The average Bonchev–Trinajstić information content (AvgIpc) is 3.00. The molecule has 0 atom stereocenters. The minimum atomic E-state index is -0.359. The van der Waals surface area contributed by atoms with E-state index in [-0.39, 0.29) is 46.4 Å². The maximum absolute atomic E-state index is 12.4. The number of fused-ring (bicyclic) bond motifs is 2. The van der Waals surface area contributed by atoms with Gasteiger partial charge in [-0.15, -0.1) is 0 Å². The molecule has 0 bridgehead atoms. The van der Waals surface area contributed by atoms with Gasteiger partial charge in [-0.3, -0.25) is 19.2 Å². The van der Waals surface area contributed by atoms with E-state index in [9.17, 15) is 19.2 Å². The van der Waals surface area contributed by atoms with Gasteiger partial charge in [-0.05, 0) is 47.6 Å². The van der Waals surface area contributed by atoms with Gasteiger partial charge < -0.3 is 4.74 Å². The predicted octanol–water partition coefficient (Wildman–Crippen LogP) is 1.74. The van der Waals surface area contributed by atoms with Crippen LogP contribution >= 0.6 is 0 Å². The van der Waals surface area contributed by atoms with Gasteiger partial charge in [0.05, 0.1) is 13.2 Å². The van der Waals surface area contributed by atoms with Gasteiger partial charge in [-0.25, -0.2) is 0 Å². The number of hydrogen-bond acceptors (Lipinski definition) is 5. The number of ether oxygens (including phenoxy) is 1. The van der Waals surface area contributed by atoms with Crippen molar-refractivity contribution < 1.29 is 23.9 Å². The van der Waals surface area contributed by atoms with Crippen molar-refractivity contribution in [1.82, 2.24) is 0 Å². The van der Waals surface area contributed by atoms with E-state index < -0.39 is 0 Å². The molecular weight excluding hydrogens is 296 g/mol. The highest BCUT2D eigenvalue weighted by atomic mass is 16.5. The number of benzene rings is 1. The first-order valence-corrected chi connectivity index (χ1v) is 7.08. The van der Waals surface area contributed by atoms with E-state index in [4.69, 9.17) is 4.74 Å². The van der Waals surface area contributed by atoms with Gasteiger partial charge in [-0.2, -0.15) is 0 Å². The predicted molar refractivity (Wildman–Crippen MR) is 79.9 cm³/mol. The molecule has 23 heavy (non-hydrogen) atoms. The summed E-state index contributed by atoms with van der Waals surface area (Å²) < 4.78 is 5.41. The molecule has 5 heteroatoms. The Kier molecular flexibility index (Phi) is 2.86. The second-order valence-corrected chi connectivity index (χ2v) is 5.52. The summed E-state index contributed by atoms with van der Waals surface area (Å²) in [5, 5.41) is 0. The van der Waals surface area contributed by atoms with Crippen molar-refractivity contribution in [3.63, 3.8) is 0 Å². The van der Waals surface area contributed by atoms with Gasteiger partial charge in [0.25, 0.3) is 0 Å². The molecule has 0 radical (unpaired) electrons. The summed E-state index contributed by atoms with van der Waals surface area (Å²) in [6.45, 7) is 0.553. The Morgan fingerprint density at radius 2 is 1.52 bits per heavy atom. The summed E-state index contributed by atoms with van der Waals surface area (Å²) >= 11 is 0. The molecular formula is C18H10O5. The van der Waals surface area contributed by atoms with Crippen LogP contribution in [0.4, 0.5) is 0 Å². The molecule has 0 saturated carbocycles. The molecule has 2 aliphatic carbocycles. The number of carbonyl (C=O) groups is 4. The molecule has 0 N–H and O–H groups in total. The van der Waals surface area contributed by atoms with Crippen molar-refractivity contribution in [2.45, 2.75) is 13.2 Å². The van der Waals surface area contributed by atoms with Crippen LogP contribution in [0.25, 0.3) is 5.57 Å². The number of rotatable bonds is 1. The minimum Gasteiger partial charge on any atom is -0.372 e. The molecule has 3 aliphatic rings. The third-order valence-corrected chi connectivity index (χ3v) is 4.15. The molecule has 1 aromatic carbocycles. The minimum absolute atomic E-state index is 0.146. The van der Waals surface area contributed by atoms with Crippen LogP contribution in [-0.4, -0.2) is 23.1 Å². The lowest BCUT2D eigenvalue weighted by atomic mass is 9.81. The SMILES string of the molecule is O=C1C=CC(=O)C(c2c3c(cc4c2C(=O)C=CC4=O)COC3)=C1. The molecule has 0 spiro atoms. The van der Waals surface area contributed by atoms with Crippen LogP contribution in [0.5, 0.6) is 0 Å². The van der Waals surface area contributed by atoms with Gasteiger partial charge in [0.15, 0.2) is 23.1 Å². The van der Waals surface area contributed by atoms with Crippen molar-refractivity contribution in [2.24, 2.45) is 0 Å². The second-order valence-electron chi connectivity index (χ2n) is 5.52. The Morgan fingerprint density at radius 3 is 2.35 bits per heavy atom. The first kappa shape index (κ1) is 13.7. The first-order chi connectivity index (χ1) is 11.1. The second kappa shape index (κ2) is 4.79. The van der Waals surface area contributed by atoms with Gasteiger partial charge >= 0.3 is 0 Å². The quantitative estimate of drug-likeness (QED) is 0.739. The van der Waals surface area contributed by atoms with E-state index in [1.54, 1.807) is 6.07 Å². The van der Waals surface area contributed by atoms with E-state index in [0.717, 1.165) is 5.56 Å². The Hall–Kier alpha value is -2.92. The molecule has 5 nitrogen and oxygen atoms in total. The monoisotopic (exact) mass is 306 g/mol. The lowest BCUT2D eigenvalue weighted by Gasteiger charge is -2.19. The van der Waals surface area contributed by atoms with Crippen LogP contribution in [0, 0.1) is 0 Å². The van der Waals surface area contributed by atoms with E-state index in [2.05, 4.69) is 0 Å². The van der Waals surface area contributed by atoms with E-state index in [0.29, 0.717) is 17.7 Å². The van der Waals surface area contributed by atoms with Crippen molar-refractivity contribution in [2.75, 3.05) is 0 Å². The first-order valence-electron chi connectivity index (χ1n) is 7.08. The van der Waals surface area contributed by atoms with Crippen LogP contribution in [-0.2, 0) is 27.5 Å². The normalized spacial score (nSPS) is 19.0. The summed E-state index contributed by atoms with van der Waals surface area (Å²) in [5.74, 6) is -1.32. The Bertz CT molecular complexity index is 912. The van der Waals surface area contributed by atoms with Crippen LogP contribution in [0.3, 0.4) is 0 Å². The van der Waals surface area contributed by atoms with E-state index >= 15 is 0 Å². The largest absolute Gasteiger partial charge is 0.372 e. The highest BCUT2D eigenvalue weighted by Crippen LogP contribution is 2.37. The number of ketones is 4. The molecule has 1 aromatic rings. The molecule has 112 valence electrons.